The third-order valence-electron chi connectivity index (χ3n) is 7.06. The molecule has 0 aliphatic carbocycles. The van der Waals surface area contributed by atoms with Crippen LogP contribution in [0.15, 0.2) is 71.1 Å². The van der Waals surface area contributed by atoms with E-state index in [-0.39, 0.29) is 23.4 Å². The Morgan fingerprint density at radius 3 is 2.29 bits per heavy atom. The van der Waals surface area contributed by atoms with Gasteiger partial charge in [-0.2, -0.15) is 0 Å². The Hall–Kier alpha value is -4.25. The summed E-state index contributed by atoms with van der Waals surface area (Å²) in [7, 11) is -2.20. The van der Waals surface area contributed by atoms with Crippen molar-refractivity contribution in [1.29, 1.82) is 0 Å². The Morgan fingerprint density at radius 1 is 1.05 bits per heavy atom. The van der Waals surface area contributed by atoms with Crippen LogP contribution in [0.5, 0.6) is 5.75 Å². The minimum atomic E-state index is -3.74. The Morgan fingerprint density at radius 2 is 1.68 bits per heavy atom. The molecule has 0 radical (unpaired) electrons. The molecule has 1 saturated heterocycles. The smallest absolute Gasteiger partial charge is 0.260 e. The zero-order valence-corrected chi connectivity index (χ0v) is 24.0. The van der Waals surface area contributed by atoms with Gasteiger partial charge in [0.25, 0.3) is 15.9 Å². The highest BCUT2D eigenvalue weighted by Gasteiger charge is 2.30. The van der Waals surface area contributed by atoms with Gasteiger partial charge in [0.1, 0.15) is 17.4 Å². The first kappa shape index (κ1) is 29.7. The lowest BCUT2D eigenvalue weighted by Gasteiger charge is -2.35. The highest BCUT2D eigenvalue weighted by atomic mass is 32.2. The fraction of sp³-hybridized carbons (Fsp3) is 0.300. The number of ketones is 1. The van der Waals surface area contributed by atoms with Gasteiger partial charge in [-0.15, -0.1) is 4.40 Å². The highest BCUT2D eigenvalue weighted by Crippen LogP contribution is 2.33. The fourth-order valence-corrected chi connectivity index (χ4v) is 5.48. The molecule has 216 valence electrons. The van der Waals surface area contributed by atoms with E-state index in [1.807, 2.05) is 24.0 Å². The van der Waals surface area contributed by atoms with Gasteiger partial charge < -0.3 is 20.3 Å². The quantitative estimate of drug-likeness (QED) is 0.228. The minimum Gasteiger partial charge on any atom is -0.495 e. The van der Waals surface area contributed by atoms with E-state index in [9.17, 15) is 22.4 Å². The molecule has 11 heteroatoms. The molecule has 0 spiro atoms. The first-order valence-electron chi connectivity index (χ1n) is 13.2. The van der Waals surface area contributed by atoms with Gasteiger partial charge >= 0.3 is 0 Å². The summed E-state index contributed by atoms with van der Waals surface area (Å²) in [5.74, 6) is -0.621. The number of rotatable bonds is 9. The number of carbonyl (C=O) groups excluding carboxylic acids is 2. The largest absolute Gasteiger partial charge is 0.495 e. The number of carbonyl (C=O) groups is 2. The predicted octanol–water partition coefficient (Wildman–Crippen LogP) is 4.27. The maximum absolute atomic E-state index is 14.0. The lowest BCUT2D eigenvalue weighted by atomic mass is 9.88. The second-order valence-electron chi connectivity index (χ2n) is 9.80. The molecule has 3 aromatic rings. The summed E-state index contributed by atoms with van der Waals surface area (Å²) < 4.78 is 45.9. The highest BCUT2D eigenvalue weighted by molar-refractivity contribution is 7.89. The number of hydrogen-bond donors (Lipinski definition) is 1. The number of hydrogen-bond acceptors (Lipinski definition) is 6. The van der Waals surface area contributed by atoms with Gasteiger partial charge in [-0.05, 0) is 68.3 Å². The zero-order valence-electron chi connectivity index (χ0n) is 23.2. The normalized spacial score (nSPS) is 14.5. The Bertz CT molecular complexity index is 1570. The van der Waals surface area contributed by atoms with Crippen LogP contribution < -0.4 is 20.3 Å². The second-order valence-corrected chi connectivity index (χ2v) is 11.4. The van der Waals surface area contributed by atoms with E-state index in [0.717, 1.165) is 6.26 Å². The number of nitrogens with two attached hydrogens (primary N) is 1. The lowest BCUT2D eigenvalue weighted by Crippen LogP contribution is -2.39. The maximum Gasteiger partial charge on any atom is 0.260 e. The lowest BCUT2D eigenvalue weighted by molar-refractivity contribution is 0.0899. The number of amides is 1. The van der Waals surface area contributed by atoms with Crippen LogP contribution in [0.2, 0.25) is 0 Å². The van der Waals surface area contributed by atoms with Crippen LogP contribution in [0.25, 0.3) is 0 Å². The van der Waals surface area contributed by atoms with Crippen molar-refractivity contribution in [2.45, 2.75) is 19.8 Å². The number of sulfonamides is 1. The van der Waals surface area contributed by atoms with Crippen LogP contribution in [0.3, 0.4) is 0 Å². The number of anilines is 2. The van der Waals surface area contributed by atoms with E-state index < -0.39 is 15.8 Å². The molecule has 1 aliphatic rings. The summed E-state index contributed by atoms with van der Waals surface area (Å²) in [5.41, 5.74) is 8.39. The molecule has 4 rings (SSSR count). The van der Waals surface area contributed by atoms with Crippen LogP contribution in [-0.4, -0.2) is 58.9 Å². The summed E-state index contributed by atoms with van der Waals surface area (Å²) in [6.45, 7) is 3.16. The number of benzene rings is 3. The number of ether oxygens (including phenoxy) is 1. The summed E-state index contributed by atoms with van der Waals surface area (Å²) in [6, 6.07) is 17.6. The Balaban J connectivity index is 1.69. The molecule has 0 unspecified atom stereocenters. The van der Waals surface area contributed by atoms with Crippen molar-refractivity contribution >= 4 is 38.9 Å². The standard InChI is InChI=1S/C30H33FN4O5S/c1-4-35(25-7-5-6-8-27(25)40-2)30(37)24-14-11-22(29(32)33-41(3,38)39)19-26(24)34-17-15-21(16-18-34)28(36)20-9-12-23(31)13-10-20/h5-14,19,21H,4,15-18H2,1-3H3,(H2,32,33). The number of amidine groups is 1. The van der Waals surface area contributed by atoms with Gasteiger partial charge in [0, 0.05) is 36.7 Å². The molecule has 0 aromatic heterocycles. The second kappa shape index (κ2) is 12.5. The predicted molar refractivity (Wildman–Crippen MR) is 158 cm³/mol. The van der Waals surface area contributed by atoms with Crippen molar-refractivity contribution < 1.29 is 27.1 Å². The van der Waals surface area contributed by atoms with Crippen molar-refractivity contribution in [3.8, 4) is 5.75 Å². The van der Waals surface area contributed by atoms with Crippen LogP contribution in [0.1, 0.15) is 46.0 Å². The molecule has 1 heterocycles. The van der Waals surface area contributed by atoms with Crippen LogP contribution in [0.4, 0.5) is 15.8 Å². The molecular formula is C30H33FN4O5S. The van der Waals surface area contributed by atoms with Crippen LogP contribution >= 0.6 is 0 Å². The number of methoxy groups -OCH3 is 1. The van der Waals surface area contributed by atoms with Crippen molar-refractivity contribution in [1.82, 2.24) is 0 Å². The number of Topliss-reactive ketones (excluding diaryl/α,β-unsaturated/α-hetero) is 1. The molecule has 9 nitrogen and oxygen atoms in total. The van der Waals surface area contributed by atoms with Crippen molar-refractivity contribution in [3.05, 3.63) is 89.2 Å². The number of nitrogens with zero attached hydrogens (tertiary/aromatic N) is 3. The molecule has 2 N–H and O–H groups in total. The van der Waals surface area contributed by atoms with Gasteiger partial charge in [-0.25, -0.2) is 12.8 Å². The van der Waals surface area contributed by atoms with Crippen LogP contribution in [-0.2, 0) is 10.0 Å². The maximum atomic E-state index is 14.0. The zero-order chi connectivity index (χ0) is 29.7. The van der Waals surface area contributed by atoms with Gasteiger partial charge in [0.05, 0.1) is 30.3 Å². The SMILES string of the molecule is CCN(C(=O)c1ccc(C(N)=NS(C)(=O)=O)cc1N1CCC(C(=O)c2ccc(F)cc2)CC1)c1ccccc1OC. The minimum absolute atomic E-state index is 0.0486. The van der Waals surface area contributed by atoms with Crippen molar-refractivity contribution in [2.75, 3.05) is 42.8 Å². The Kier molecular flexibility index (Phi) is 9.07. The van der Waals surface area contributed by atoms with Crippen molar-refractivity contribution in [3.63, 3.8) is 0 Å². The van der Waals surface area contributed by atoms with E-state index in [2.05, 4.69) is 4.40 Å². The third kappa shape index (κ3) is 6.91. The first-order valence-corrected chi connectivity index (χ1v) is 15.1. The first-order chi connectivity index (χ1) is 19.5. The van der Waals surface area contributed by atoms with Crippen molar-refractivity contribution in [2.24, 2.45) is 16.0 Å². The fourth-order valence-electron chi connectivity index (χ4n) is 5.02. The van der Waals surface area contributed by atoms with Gasteiger partial charge in [-0.3, -0.25) is 9.59 Å². The van der Waals surface area contributed by atoms with Gasteiger partial charge in [0.15, 0.2) is 5.78 Å². The molecule has 41 heavy (non-hydrogen) atoms. The molecule has 1 amide bonds. The van der Waals surface area contributed by atoms with E-state index in [1.165, 1.54) is 24.3 Å². The van der Waals surface area contributed by atoms with Gasteiger partial charge in [-0.1, -0.05) is 18.2 Å². The molecule has 0 bridgehead atoms. The summed E-state index contributed by atoms with van der Waals surface area (Å²) in [5, 5.41) is 0. The number of piperidine rings is 1. The number of halogens is 1. The average Bonchev–Trinajstić information content (AvgIpc) is 2.96. The van der Waals surface area contributed by atoms with Crippen LogP contribution in [0, 0.1) is 11.7 Å². The number of para-hydroxylation sites is 2. The molecule has 0 saturated carbocycles. The third-order valence-corrected chi connectivity index (χ3v) is 7.59. The summed E-state index contributed by atoms with van der Waals surface area (Å²) in [4.78, 5) is 30.7. The van der Waals surface area contributed by atoms with E-state index >= 15 is 0 Å². The summed E-state index contributed by atoms with van der Waals surface area (Å²) >= 11 is 0. The monoisotopic (exact) mass is 580 g/mol. The molecule has 1 aliphatic heterocycles. The molecular weight excluding hydrogens is 547 g/mol. The molecule has 3 aromatic carbocycles. The van der Waals surface area contributed by atoms with Gasteiger partial charge in [0.2, 0.25) is 0 Å². The summed E-state index contributed by atoms with van der Waals surface area (Å²) in [6.07, 6.45) is 1.99. The topological polar surface area (TPSA) is 122 Å². The van der Waals surface area contributed by atoms with E-state index in [4.69, 9.17) is 10.5 Å². The molecule has 0 atom stereocenters. The Labute approximate surface area is 239 Å². The van der Waals surface area contributed by atoms with E-state index in [1.54, 1.807) is 42.3 Å². The van der Waals surface area contributed by atoms with E-state index in [0.29, 0.717) is 66.3 Å². The average molecular weight is 581 g/mol. The molecule has 1 fully saturated rings.